The minimum Gasteiger partial charge on any atom is -0.479 e. The third-order valence-corrected chi connectivity index (χ3v) is 4.79. The first kappa shape index (κ1) is 33.3. The number of amides is 1. The van der Waals surface area contributed by atoms with E-state index in [9.17, 15) is 24.6 Å². The van der Waals surface area contributed by atoms with Gasteiger partial charge in [0.25, 0.3) is 0 Å². The molecule has 1 fully saturated rings. The van der Waals surface area contributed by atoms with E-state index in [0.29, 0.717) is 36.3 Å². The Morgan fingerprint density at radius 3 is 2.42 bits per heavy atom. The Kier molecular flexibility index (Phi) is 18.0. The summed E-state index contributed by atoms with van der Waals surface area (Å²) >= 11 is 0. The first-order valence-corrected chi connectivity index (χ1v) is 12.4. The summed E-state index contributed by atoms with van der Waals surface area (Å²) in [4.78, 5) is 35.2. The van der Waals surface area contributed by atoms with E-state index in [1.54, 1.807) is 18.2 Å². The van der Waals surface area contributed by atoms with Crippen molar-refractivity contribution in [3.8, 4) is 5.75 Å². The van der Waals surface area contributed by atoms with E-state index in [1.165, 1.54) is 7.05 Å². The third-order valence-electron chi connectivity index (χ3n) is 4.79. The fraction of sp³-hybridized carbons (Fsp3) is 0.640. The second-order valence-corrected chi connectivity index (χ2v) is 7.45. The molecule has 1 aliphatic rings. The molecule has 1 aromatic carbocycles. The van der Waals surface area contributed by atoms with Gasteiger partial charge >= 0.3 is 12.1 Å². The number of carboxylic acids is 1. The number of aliphatic hydroxyl groups excluding tert-OH is 1. The van der Waals surface area contributed by atoms with Gasteiger partial charge in [0, 0.05) is 38.3 Å². The van der Waals surface area contributed by atoms with E-state index in [0.717, 1.165) is 0 Å². The number of aliphatic carboxylic acids is 1. The predicted molar refractivity (Wildman–Crippen MR) is 136 cm³/mol. The number of carbonyl (C=O) groups is 3. The van der Waals surface area contributed by atoms with Crippen LogP contribution in [0.3, 0.4) is 0 Å². The molecule has 1 amide bonds. The number of hydrazine groups is 1. The smallest absolute Gasteiger partial charge is 0.421 e. The molecule has 0 radical (unpaired) electrons. The van der Waals surface area contributed by atoms with Crippen molar-refractivity contribution in [2.24, 2.45) is 0 Å². The quantitative estimate of drug-likeness (QED) is 0.208. The number of Topliss-reactive ketones (excluding diaryl/α,β-unsaturated/α-hetero) is 1. The first-order valence-electron chi connectivity index (χ1n) is 12.4. The molecule has 1 aliphatic heterocycles. The number of hydrogen-bond donors (Lipinski definition) is 5. The molecule has 1 heterocycles. The number of nitrogens with one attached hydrogen (secondary N) is 3. The lowest BCUT2D eigenvalue weighted by molar-refractivity contribution is -0.195. The molecule has 0 saturated carbocycles. The van der Waals surface area contributed by atoms with Crippen LogP contribution >= 0.6 is 0 Å². The maximum absolute atomic E-state index is 12.5. The van der Waals surface area contributed by atoms with E-state index >= 15 is 0 Å². The van der Waals surface area contributed by atoms with Gasteiger partial charge in [-0.1, -0.05) is 33.8 Å². The lowest BCUT2D eigenvalue weighted by atomic mass is 10.0. The Morgan fingerprint density at radius 2 is 1.81 bits per heavy atom. The maximum Gasteiger partial charge on any atom is 0.421 e. The molecule has 5 N–H and O–H groups in total. The standard InChI is InChI=1S/C21H31N3O8.2C2H6/c1-22-7-3-4-15(25)9-14-8-13(12-30-21(29)24-23-2)5-6-17(14)31-19-11-16(26)10-18(32-19)20(27)28;2*1-2/h5-6,8,16,18-19,22-23,26H,3-4,7,9-12H2,1-2H3,(H,24,29)(H,27,28);2*1-2H3/t16?,18-,19+;;/m1../s1. The molecule has 1 saturated heterocycles. The summed E-state index contributed by atoms with van der Waals surface area (Å²) in [6.07, 6.45) is -2.42. The van der Waals surface area contributed by atoms with E-state index in [2.05, 4.69) is 16.2 Å². The molecule has 11 nitrogen and oxygen atoms in total. The van der Waals surface area contributed by atoms with Crippen molar-refractivity contribution < 1.29 is 38.8 Å². The normalized spacial score (nSPS) is 18.5. The summed E-state index contributed by atoms with van der Waals surface area (Å²) in [6, 6.07) is 4.99. The van der Waals surface area contributed by atoms with Gasteiger partial charge in [0.1, 0.15) is 18.1 Å². The second kappa shape index (κ2) is 19.5. The number of hydrogen-bond acceptors (Lipinski definition) is 9. The van der Waals surface area contributed by atoms with E-state index in [1.807, 2.05) is 34.7 Å². The van der Waals surface area contributed by atoms with Crippen LogP contribution in [0.2, 0.25) is 0 Å². The van der Waals surface area contributed by atoms with Crippen LogP contribution in [0.15, 0.2) is 18.2 Å². The number of rotatable bonds is 12. The molecule has 206 valence electrons. The first-order chi connectivity index (χ1) is 17.3. The van der Waals surface area contributed by atoms with Crippen molar-refractivity contribution in [2.75, 3.05) is 20.6 Å². The molecule has 11 heteroatoms. The highest BCUT2D eigenvalue weighted by Gasteiger charge is 2.34. The van der Waals surface area contributed by atoms with Gasteiger partial charge in [0.05, 0.1) is 6.10 Å². The number of ether oxygens (including phenoxy) is 3. The largest absolute Gasteiger partial charge is 0.479 e. The molecular weight excluding hydrogens is 470 g/mol. The van der Waals surface area contributed by atoms with Gasteiger partial charge in [0.15, 0.2) is 6.10 Å². The van der Waals surface area contributed by atoms with Crippen LogP contribution in [0.4, 0.5) is 4.79 Å². The number of aliphatic hydroxyl groups is 1. The fourth-order valence-electron chi connectivity index (χ4n) is 3.26. The van der Waals surface area contributed by atoms with Crippen LogP contribution in [0, 0.1) is 0 Å². The number of benzene rings is 1. The van der Waals surface area contributed by atoms with E-state index in [-0.39, 0.29) is 31.7 Å². The summed E-state index contributed by atoms with van der Waals surface area (Å²) in [5, 5.41) is 22.2. The Balaban J connectivity index is 0.00000291. The second-order valence-electron chi connectivity index (χ2n) is 7.45. The predicted octanol–water partition coefficient (Wildman–Crippen LogP) is 2.54. The minimum atomic E-state index is -1.18. The number of ketones is 1. The zero-order valence-corrected chi connectivity index (χ0v) is 22.3. The highest BCUT2D eigenvalue weighted by molar-refractivity contribution is 5.81. The van der Waals surface area contributed by atoms with Crippen molar-refractivity contribution in [1.29, 1.82) is 0 Å². The lowest BCUT2D eigenvalue weighted by Gasteiger charge is -2.31. The summed E-state index contributed by atoms with van der Waals surface area (Å²) in [7, 11) is 3.34. The SMILES string of the molecule is CC.CC.CNCCCC(=O)Cc1cc(COC(=O)NNC)ccc1O[C@@H]1CC(O)C[C@H](C(=O)O)O1. The maximum atomic E-state index is 12.5. The van der Waals surface area contributed by atoms with Crippen LogP contribution in [-0.4, -0.2) is 67.2 Å². The number of carbonyl (C=O) groups excluding carboxylic acids is 2. The highest BCUT2D eigenvalue weighted by Crippen LogP contribution is 2.28. The van der Waals surface area contributed by atoms with Gasteiger partial charge in [-0.25, -0.2) is 15.0 Å². The Labute approximate surface area is 213 Å². The van der Waals surface area contributed by atoms with Gasteiger partial charge in [-0.05, 0) is 37.7 Å². The zero-order chi connectivity index (χ0) is 27.5. The third kappa shape index (κ3) is 12.8. The van der Waals surface area contributed by atoms with Gasteiger partial charge in [-0.2, -0.15) is 0 Å². The Morgan fingerprint density at radius 1 is 1.11 bits per heavy atom. The van der Waals surface area contributed by atoms with Crippen LogP contribution in [0.25, 0.3) is 0 Å². The molecule has 2 rings (SSSR count). The molecule has 0 bridgehead atoms. The van der Waals surface area contributed by atoms with Crippen molar-refractivity contribution in [1.82, 2.24) is 16.2 Å². The average Bonchev–Trinajstić information content (AvgIpc) is 2.86. The topological polar surface area (TPSA) is 155 Å². The fourth-order valence-corrected chi connectivity index (χ4v) is 3.26. The van der Waals surface area contributed by atoms with Crippen LogP contribution in [0.5, 0.6) is 5.75 Å². The molecule has 3 atom stereocenters. The summed E-state index contributed by atoms with van der Waals surface area (Å²) in [5.74, 6) is -0.827. The molecule has 0 aliphatic carbocycles. The van der Waals surface area contributed by atoms with E-state index < -0.39 is 30.6 Å². The zero-order valence-electron chi connectivity index (χ0n) is 22.3. The molecule has 1 unspecified atom stereocenters. The van der Waals surface area contributed by atoms with Gasteiger partial charge in [-0.15, -0.1) is 0 Å². The minimum absolute atomic E-state index is 0.00380. The molecule has 0 spiro atoms. The molecular formula is C25H43N3O8. The van der Waals surface area contributed by atoms with Crippen molar-refractivity contribution in [3.63, 3.8) is 0 Å². The van der Waals surface area contributed by atoms with Crippen molar-refractivity contribution >= 4 is 17.8 Å². The Hall–Kier alpha value is -2.73. The van der Waals surface area contributed by atoms with Gasteiger partial charge in [0.2, 0.25) is 6.29 Å². The molecule has 1 aromatic rings. The summed E-state index contributed by atoms with van der Waals surface area (Å²) < 4.78 is 16.4. The van der Waals surface area contributed by atoms with E-state index in [4.69, 9.17) is 14.2 Å². The van der Waals surface area contributed by atoms with Crippen molar-refractivity contribution in [2.45, 2.75) is 84.9 Å². The Bertz CT molecular complexity index is 791. The van der Waals surface area contributed by atoms with Crippen molar-refractivity contribution in [3.05, 3.63) is 29.3 Å². The highest BCUT2D eigenvalue weighted by atomic mass is 16.7. The van der Waals surface area contributed by atoms with Gasteiger partial charge < -0.3 is 29.7 Å². The van der Waals surface area contributed by atoms with Crippen LogP contribution < -0.4 is 20.9 Å². The summed E-state index contributed by atoms with van der Waals surface area (Å²) in [6.45, 7) is 8.70. The lowest BCUT2D eigenvalue weighted by Crippen LogP contribution is -2.42. The molecule has 36 heavy (non-hydrogen) atoms. The van der Waals surface area contributed by atoms with Gasteiger partial charge in [-0.3, -0.25) is 10.2 Å². The number of carboxylic acid groups (broad SMARTS) is 1. The average molecular weight is 514 g/mol. The van der Waals surface area contributed by atoms with Crippen LogP contribution in [0.1, 0.15) is 64.5 Å². The summed E-state index contributed by atoms with van der Waals surface area (Å²) in [5.41, 5.74) is 5.96. The monoisotopic (exact) mass is 513 g/mol. The van der Waals surface area contributed by atoms with Crippen LogP contribution in [-0.2, 0) is 32.1 Å². The molecule has 0 aromatic heterocycles.